The van der Waals surface area contributed by atoms with Crippen molar-refractivity contribution in [1.82, 2.24) is 0 Å². The number of aliphatic hydroxyl groups is 1. The van der Waals surface area contributed by atoms with E-state index in [0.29, 0.717) is 12.0 Å². The molecule has 5 nitrogen and oxygen atoms in total. The molecular formula is C13H17NO4. The summed E-state index contributed by atoms with van der Waals surface area (Å²) < 4.78 is 5.19. The zero-order chi connectivity index (χ0) is 13.8. The summed E-state index contributed by atoms with van der Waals surface area (Å²) in [4.78, 5) is 22.5. The van der Waals surface area contributed by atoms with E-state index in [4.69, 9.17) is 9.84 Å². The Morgan fingerprint density at radius 3 is 2.56 bits per heavy atom. The van der Waals surface area contributed by atoms with Gasteiger partial charge in [-0.15, -0.1) is 4.91 Å². The van der Waals surface area contributed by atoms with Gasteiger partial charge in [-0.1, -0.05) is 6.07 Å². The Balaban J connectivity index is 2.98. The Morgan fingerprint density at radius 1 is 1.39 bits per heavy atom. The topological polar surface area (TPSA) is 76.0 Å². The minimum Gasteiger partial charge on any atom is -0.456 e. The second-order valence-electron chi connectivity index (χ2n) is 4.91. The molecule has 0 heterocycles. The van der Waals surface area contributed by atoms with E-state index in [1.807, 2.05) is 0 Å². The minimum atomic E-state index is -0.588. The summed E-state index contributed by atoms with van der Waals surface area (Å²) in [5, 5.41) is 11.7. The summed E-state index contributed by atoms with van der Waals surface area (Å²) in [5.41, 5.74) is 0.462. The number of hydrogen-bond donors (Lipinski definition) is 1. The SMILES string of the molecule is CC(C)(C)OC(=O)c1ccc(CCO)c(N=O)c1. The second-order valence-corrected chi connectivity index (χ2v) is 4.91. The quantitative estimate of drug-likeness (QED) is 0.659. The van der Waals surface area contributed by atoms with Crippen LogP contribution in [0.2, 0.25) is 0 Å². The van der Waals surface area contributed by atoms with Gasteiger partial charge >= 0.3 is 5.97 Å². The van der Waals surface area contributed by atoms with Crippen LogP contribution in [0.4, 0.5) is 5.69 Å². The molecule has 0 aliphatic rings. The molecule has 1 aromatic carbocycles. The molecule has 0 atom stereocenters. The van der Waals surface area contributed by atoms with Crippen LogP contribution >= 0.6 is 0 Å². The van der Waals surface area contributed by atoms with Gasteiger partial charge in [0.05, 0.1) is 5.56 Å². The molecule has 0 saturated carbocycles. The number of aliphatic hydroxyl groups excluding tert-OH is 1. The molecule has 0 aliphatic carbocycles. The van der Waals surface area contributed by atoms with Gasteiger partial charge in [-0.2, -0.15) is 0 Å². The van der Waals surface area contributed by atoms with Crippen molar-refractivity contribution < 1.29 is 14.6 Å². The molecule has 0 fully saturated rings. The summed E-state index contributed by atoms with van der Waals surface area (Å²) in [6.45, 7) is 5.23. The molecule has 1 aromatic rings. The summed E-state index contributed by atoms with van der Waals surface area (Å²) in [6, 6.07) is 4.55. The molecule has 0 saturated heterocycles. The zero-order valence-corrected chi connectivity index (χ0v) is 10.8. The third kappa shape index (κ3) is 3.92. The third-order valence-corrected chi connectivity index (χ3v) is 2.20. The number of carbonyl (C=O) groups excluding carboxylic acids is 1. The number of esters is 1. The standard InChI is InChI=1S/C13H17NO4/c1-13(2,3)18-12(16)10-5-4-9(6-7-15)11(8-10)14-17/h4-5,8,15H,6-7H2,1-3H3. The molecule has 5 heteroatoms. The molecule has 0 radical (unpaired) electrons. The Kier molecular flexibility index (Phi) is 4.55. The first kappa shape index (κ1) is 14.3. The lowest BCUT2D eigenvalue weighted by atomic mass is 10.1. The maximum absolute atomic E-state index is 11.8. The molecule has 0 aliphatic heterocycles. The summed E-state index contributed by atoms with van der Waals surface area (Å²) >= 11 is 0. The predicted molar refractivity (Wildman–Crippen MR) is 67.9 cm³/mol. The van der Waals surface area contributed by atoms with Gasteiger partial charge in [0.2, 0.25) is 0 Å². The highest BCUT2D eigenvalue weighted by molar-refractivity contribution is 5.90. The van der Waals surface area contributed by atoms with Gasteiger partial charge in [0.25, 0.3) is 0 Å². The van der Waals surface area contributed by atoms with Gasteiger partial charge in [0, 0.05) is 6.61 Å². The molecule has 0 unspecified atom stereocenters. The highest BCUT2D eigenvalue weighted by Gasteiger charge is 2.18. The Labute approximate surface area is 106 Å². The Morgan fingerprint density at radius 2 is 2.06 bits per heavy atom. The number of carbonyl (C=O) groups is 1. The maximum atomic E-state index is 11.8. The first-order chi connectivity index (χ1) is 8.37. The largest absolute Gasteiger partial charge is 0.456 e. The fraction of sp³-hybridized carbons (Fsp3) is 0.462. The van der Waals surface area contributed by atoms with E-state index in [-0.39, 0.29) is 17.9 Å². The fourth-order valence-corrected chi connectivity index (χ4v) is 1.44. The lowest BCUT2D eigenvalue weighted by Gasteiger charge is -2.19. The van der Waals surface area contributed by atoms with E-state index in [0.717, 1.165) is 0 Å². The molecule has 98 valence electrons. The number of nitroso groups, excluding NO2 is 1. The van der Waals surface area contributed by atoms with E-state index in [2.05, 4.69) is 5.18 Å². The van der Waals surface area contributed by atoms with E-state index >= 15 is 0 Å². The highest BCUT2D eigenvalue weighted by Crippen LogP contribution is 2.23. The normalized spacial score (nSPS) is 11.1. The van der Waals surface area contributed by atoms with Gasteiger partial charge in [-0.05, 0) is 50.1 Å². The number of rotatable bonds is 4. The summed E-state index contributed by atoms with van der Waals surface area (Å²) in [5.74, 6) is -0.497. The van der Waals surface area contributed by atoms with Crippen LogP contribution in [0.1, 0.15) is 36.7 Å². The Bertz CT molecular complexity index is 449. The molecule has 0 amide bonds. The van der Waals surface area contributed by atoms with Crippen LogP contribution in [-0.2, 0) is 11.2 Å². The van der Waals surface area contributed by atoms with E-state index in [1.165, 1.54) is 6.07 Å². The van der Waals surface area contributed by atoms with Crippen LogP contribution in [0.15, 0.2) is 23.4 Å². The summed E-state index contributed by atoms with van der Waals surface area (Å²) in [7, 11) is 0. The number of hydrogen-bond acceptors (Lipinski definition) is 5. The summed E-state index contributed by atoms with van der Waals surface area (Å²) in [6.07, 6.45) is 0.329. The van der Waals surface area contributed by atoms with Crippen LogP contribution in [-0.4, -0.2) is 23.3 Å². The predicted octanol–water partition coefficient (Wildman–Crippen LogP) is 2.57. The van der Waals surface area contributed by atoms with Crippen LogP contribution in [0.25, 0.3) is 0 Å². The van der Waals surface area contributed by atoms with Crippen molar-refractivity contribution in [3.63, 3.8) is 0 Å². The van der Waals surface area contributed by atoms with Gasteiger partial charge in [-0.3, -0.25) is 0 Å². The van der Waals surface area contributed by atoms with Crippen molar-refractivity contribution in [1.29, 1.82) is 0 Å². The Hall–Kier alpha value is -1.75. The second kappa shape index (κ2) is 5.73. The molecule has 0 aromatic heterocycles. The van der Waals surface area contributed by atoms with Crippen molar-refractivity contribution in [3.05, 3.63) is 34.2 Å². The monoisotopic (exact) mass is 251 g/mol. The van der Waals surface area contributed by atoms with Crippen molar-refractivity contribution in [2.45, 2.75) is 32.8 Å². The van der Waals surface area contributed by atoms with Crippen LogP contribution in [0.3, 0.4) is 0 Å². The first-order valence-electron chi connectivity index (χ1n) is 5.68. The van der Waals surface area contributed by atoms with Crippen molar-refractivity contribution in [2.75, 3.05) is 6.61 Å². The minimum absolute atomic E-state index is 0.0751. The first-order valence-corrected chi connectivity index (χ1v) is 5.68. The van der Waals surface area contributed by atoms with E-state index in [9.17, 15) is 9.70 Å². The van der Waals surface area contributed by atoms with Gasteiger partial charge < -0.3 is 9.84 Å². The third-order valence-electron chi connectivity index (χ3n) is 2.20. The average molecular weight is 251 g/mol. The van der Waals surface area contributed by atoms with Crippen molar-refractivity contribution in [2.24, 2.45) is 5.18 Å². The molecule has 18 heavy (non-hydrogen) atoms. The van der Waals surface area contributed by atoms with Crippen LogP contribution in [0.5, 0.6) is 0 Å². The van der Waals surface area contributed by atoms with E-state index in [1.54, 1.807) is 32.9 Å². The maximum Gasteiger partial charge on any atom is 0.338 e. The van der Waals surface area contributed by atoms with Crippen LogP contribution < -0.4 is 0 Å². The smallest absolute Gasteiger partial charge is 0.338 e. The average Bonchev–Trinajstić information content (AvgIpc) is 2.27. The highest BCUT2D eigenvalue weighted by atomic mass is 16.6. The van der Waals surface area contributed by atoms with E-state index < -0.39 is 11.6 Å². The number of ether oxygens (including phenoxy) is 1. The van der Waals surface area contributed by atoms with Gasteiger partial charge in [-0.25, -0.2) is 4.79 Å². The van der Waals surface area contributed by atoms with Gasteiger partial charge in [0.15, 0.2) is 0 Å². The lowest BCUT2D eigenvalue weighted by molar-refractivity contribution is 0.00696. The number of benzene rings is 1. The molecule has 0 bridgehead atoms. The number of nitrogens with zero attached hydrogens (tertiary/aromatic N) is 1. The van der Waals surface area contributed by atoms with Crippen molar-refractivity contribution in [3.8, 4) is 0 Å². The van der Waals surface area contributed by atoms with Crippen molar-refractivity contribution >= 4 is 11.7 Å². The zero-order valence-electron chi connectivity index (χ0n) is 10.8. The molecule has 1 N–H and O–H groups in total. The molecule has 1 rings (SSSR count). The molecule has 0 spiro atoms. The van der Waals surface area contributed by atoms with Gasteiger partial charge in [0.1, 0.15) is 11.3 Å². The lowest BCUT2D eigenvalue weighted by Crippen LogP contribution is -2.23. The fourth-order valence-electron chi connectivity index (χ4n) is 1.44. The molecular weight excluding hydrogens is 234 g/mol. The van der Waals surface area contributed by atoms with Crippen LogP contribution in [0, 0.1) is 4.91 Å².